The van der Waals surface area contributed by atoms with E-state index in [9.17, 15) is 34.4 Å². The van der Waals surface area contributed by atoms with Crippen LogP contribution < -0.4 is 4.74 Å². The van der Waals surface area contributed by atoms with E-state index in [0.29, 0.717) is 36.4 Å². The van der Waals surface area contributed by atoms with Crippen LogP contribution in [0.1, 0.15) is 34.9 Å². The molecule has 0 aliphatic carbocycles. The van der Waals surface area contributed by atoms with Crippen LogP contribution in [0.5, 0.6) is 5.75 Å². The Morgan fingerprint density at radius 2 is 1.69 bits per heavy atom. The van der Waals surface area contributed by atoms with Crippen LogP contribution in [0.15, 0.2) is 41.3 Å². The van der Waals surface area contributed by atoms with Gasteiger partial charge in [0.05, 0.1) is 34.0 Å². The summed E-state index contributed by atoms with van der Waals surface area (Å²) in [5.74, 6) is -5.75. The fourth-order valence-corrected chi connectivity index (χ4v) is 7.95. The van der Waals surface area contributed by atoms with Gasteiger partial charge < -0.3 is 9.47 Å². The summed E-state index contributed by atoms with van der Waals surface area (Å²) < 4.78 is 156. The molecule has 2 heterocycles. The first-order chi connectivity index (χ1) is 17.8. The van der Waals surface area contributed by atoms with Crippen LogP contribution in [0.2, 0.25) is 0 Å². The van der Waals surface area contributed by atoms with E-state index in [1.54, 1.807) is 0 Å². The smallest absolute Gasteiger partial charge is 0.416 e. The molecular weight excluding hydrogens is 531 g/mol. The Morgan fingerprint density at radius 1 is 1.06 bits per heavy atom. The maximum Gasteiger partial charge on any atom is 0.416 e. The fraction of sp³-hybridized carbons (Fsp3) is 0.478. The van der Waals surface area contributed by atoms with Crippen LogP contribution in [0.25, 0.3) is 0 Å². The minimum absolute atomic E-state index is 0.501. The quantitative estimate of drug-likeness (QED) is 0.511. The lowest BCUT2D eigenvalue weighted by atomic mass is 9.69. The van der Waals surface area contributed by atoms with Crippen molar-refractivity contribution in [3.05, 3.63) is 59.2 Å². The molecule has 198 valence electrons. The lowest BCUT2D eigenvalue weighted by molar-refractivity contribution is -0.143. The topological polar surface area (TPSA) is 86.7 Å². The molecule has 1 saturated heterocycles. The number of alkyl halides is 3. The Morgan fingerprint density at radius 3 is 2.28 bits per heavy atom. The van der Waals surface area contributed by atoms with Crippen molar-refractivity contribution in [2.24, 2.45) is 5.92 Å². The average molecular weight is 558 g/mol. The molecule has 3 atom stereocenters. The summed E-state index contributed by atoms with van der Waals surface area (Å²) in [7, 11) is -8.84. The summed E-state index contributed by atoms with van der Waals surface area (Å²) in [6, 6.07) is 3.62. The number of rotatable bonds is 5. The maximum absolute atomic E-state index is 15.5. The Balaban J connectivity index is 2.05. The largest absolute Gasteiger partial charge is 0.490 e. The normalized spacial score (nSPS) is 28.2. The van der Waals surface area contributed by atoms with Crippen molar-refractivity contribution in [3.63, 3.8) is 0 Å². The molecule has 1 fully saturated rings. The summed E-state index contributed by atoms with van der Waals surface area (Å²) in [4.78, 5) is -0.707. The first kappa shape index (κ1) is 22.9. The van der Waals surface area contributed by atoms with Crippen LogP contribution in [-0.2, 0) is 35.3 Å². The molecule has 2 aliphatic rings. The highest BCUT2D eigenvalue weighted by atomic mass is 32.2. The molecule has 0 unspecified atom stereocenters. The molecule has 2 aromatic carbocycles. The molecule has 36 heavy (non-hydrogen) atoms. The third kappa shape index (κ3) is 4.28. The van der Waals surface area contributed by atoms with Crippen molar-refractivity contribution >= 4 is 19.7 Å². The zero-order valence-electron chi connectivity index (χ0n) is 21.7. The summed E-state index contributed by atoms with van der Waals surface area (Å²) >= 11 is 0. The van der Waals surface area contributed by atoms with Crippen molar-refractivity contribution in [2.75, 3.05) is 25.2 Å². The van der Waals surface area contributed by atoms with E-state index in [1.165, 1.54) is 0 Å². The Kier molecular flexibility index (Phi) is 5.51. The zero-order valence-corrected chi connectivity index (χ0v) is 20.4. The van der Waals surface area contributed by atoms with Gasteiger partial charge in [-0.15, -0.1) is 0 Å². The van der Waals surface area contributed by atoms with Gasteiger partial charge in [0.2, 0.25) is 0 Å². The fourth-order valence-electron chi connectivity index (χ4n) is 4.91. The molecule has 0 saturated carbocycles. The number of halogens is 5. The van der Waals surface area contributed by atoms with Crippen LogP contribution in [0, 0.1) is 17.6 Å². The van der Waals surface area contributed by atoms with Gasteiger partial charge >= 0.3 is 6.18 Å². The Bertz CT molecular complexity index is 1490. The molecule has 0 spiro atoms. The Hall–Kier alpha value is -2.25. The highest BCUT2D eigenvalue weighted by molar-refractivity contribution is 7.92. The highest BCUT2D eigenvalue weighted by Gasteiger charge is 2.64. The number of benzene rings is 2. The highest BCUT2D eigenvalue weighted by Crippen LogP contribution is 2.58. The first-order valence-electron chi connectivity index (χ1n) is 12.1. The molecule has 0 N–H and O–H groups in total. The van der Waals surface area contributed by atoms with Crippen molar-refractivity contribution < 1.29 is 52.4 Å². The van der Waals surface area contributed by atoms with E-state index in [0.717, 1.165) is 6.26 Å². The molecule has 0 amide bonds. The van der Waals surface area contributed by atoms with E-state index in [2.05, 4.69) is 0 Å². The Labute approximate surface area is 209 Å². The molecule has 13 heteroatoms. The monoisotopic (exact) mass is 557 g/mol. The van der Waals surface area contributed by atoms with Crippen LogP contribution in [-0.4, -0.2) is 47.7 Å². The van der Waals surface area contributed by atoms with Gasteiger partial charge in [0.25, 0.3) is 0 Å². The van der Waals surface area contributed by atoms with Crippen molar-refractivity contribution in [2.45, 2.75) is 41.1 Å². The van der Waals surface area contributed by atoms with E-state index >= 15 is 4.39 Å². The van der Waals surface area contributed by atoms with Crippen molar-refractivity contribution in [1.82, 2.24) is 0 Å². The van der Waals surface area contributed by atoms with Crippen LogP contribution in [0.4, 0.5) is 22.0 Å². The first-order valence-corrected chi connectivity index (χ1v) is 14.2. The van der Waals surface area contributed by atoms with Crippen LogP contribution in [0.3, 0.4) is 0 Å². The number of fused-ring (bicyclic) bond motifs is 3. The van der Waals surface area contributed by atoms with E-state index < -0.39 is 114 Å². The van der Waals surface area contributed by atoms with Gasteiger partial charge in [-0.1, -0.05) is 0 Å². The van der Waals surface area contributed by atoms with Gasteiger partial charge in [-0.05, 0) is 56.1 Å². The number of hydrogen-bond donors (Lipinski definition) is 0. The molecule has 0 bridgehead atoms. The second kappa shape index (κ2) is 8.66. The lowest BCUT2D eigenvalue weighted by Crippen LogP contribution is -2.62. The molecule has 0 radical (unpaired) electrons. The second-order valence-electron chi connectivity index (χ2n) is 8.88. The van der Waals surface area contributed by atoms with Gasteiger partial charge in [-0.25, -0.2) is 25.6 Å². The second-order valence-corrected chi connectivity index (χ2v) is 13.3. The minimum Gasteiger partial charge on any atom is -0.490 e. The SMILES string of the molecule is [2H]C([2H])([2H])[C@@]1(CCS(C)(=O)=O)OCC[C@@]2(S(=O)(=O)c3ccc(C(F)(F)F)cc3)c3c(F)ccc(F)c3OC[C@@H]12. The molecular formula is C23H23F5O6S2. The van der Waals surface area contributed by atoms with Crippen molar-refractivity contribution in [3.8, 4) is 5.75 Å². The summed E-state index contributed by atoms with van der Waals surface area (Å²) in [5.41, 5.74) is -4.52. The molecule has 2 aliphatic heterocycles. The summed E-state index contributed by atoms with van der Waals surface area (Å²) in [6.07, 6.45) is -5.33. The lowest BCUT2D eigenvalue weighted by Gasteiger charge is -2.54. The van der Waals surface area contributed by atoms with E-state index in [-0.39, 0.29) is 0 Å². The number of sulfone groups is 2. The van der Waals surface area contributed by atoms with Gasteiger partial charge in [-0.2, -0.15) is 13.2 Å². The molecule has 4 rings (SSSR count). The predicted molar refractivity (Wildman–Crippen MR) is 119 cm³/mol. The van der Waals surface area contributed by atoms with Gasteiger partial charge in [-0.3, -0.25) is 0 Å². The van der Waals surface area contributed by atoms with Gasteiger partial charge in [0, 0.05) is 22.9 Å². The van der Waals surface area contributed by atoms with Gasteiger partial charge in [0.15, 0.2) is 21.4 Å². The van der Waals surface area contributed by atoms with Gasteiger partial charge in [0.1, 0.15) is 20.4 Å². The molecule has 6 nitrogen and oxygen atoms in total. The maximum atomic E-state index is 15.5. The van der Waals surface area contributed by atoms with E-state index in [4.69, 9.17) is 13.6 Å². The number of ether oxygens (including phenoxy) is 2. The third-order valence-electron chi connectivity index (χ3n) is 6.65. The summed E-state index contributed by atoms with van der Waals surface area (Å²) in [5, 5.41) is 0. The predicted octanol–water partition coefficient (Wildman–Crippen LogP) is 4.28. The van der Waals surface area contributed by atoms with E-state index in [1.807, 2.05) is 0 Å². The summed E-state index contributed by atoms with van der Waals surface area (Å²) in [6.45, 7) is -4.64. The standard InChI is InChI=1S/C23H23F5O6S2/c1-21(10-12-35(2,29)30)18-13-33-20-17(25)8-7-16(24)19(20)22(18,9-11-34-21)36(31,32)15-5-3-14(4-6-15)23(26,27)28/h3-8,18H,9-13H2,1-2H3/t18-,21-,22-/m0/s1/i1D3. The zero-order chi connectivity index (χ0) is 29.2. The van der Waals surface area contributed by atoms with Crippen LogP contribution >= 0.6 is 0 Å². The number of hydrogen-bond acceptors (Lipinski definition) is 6. The average Bonchev–Trinajstić information content (AvgIpc) is 2.82. The third-order valence-corrected chi connectivity index (χ3v) is 10.1. The minimum atomic E-state index is -5.02. The van der Waals surface area contributed by atoms with Crippen molar-refractivity contribution in [1.29, 1.82) is 0 Å². The molecule has 0 aromatic heterocycles. The molecule has 2 aromatic rings.